The van der Waals surface area contributed by atoms with E-state index in [1.54, 1.807) is 17.8 Å². The fraction of sp³-hybridized carbons (Fsp3) is 0.227. The van der Waals surface area contributed by atoms with Gasteiger partial charge in [-0.25, -0.2) is 9.48 Å². The number of alkyl carbamates (subject to hydrolysis) is 1. The van der Waals surface area contributed by atoms with Crippen molar-refractivity contribution in [1.82, 2.24) is 20.4 Å². The molecule has 0 bridgehead atoms. The van der Waals surface area contributed by atoms with Crippen LogP contribution in [0.3, 0.4) is 0 Å². The molecule has 7 heteroatoms. The lowest BCUT2D eigenvalue weighted by Crippen LogP contribution is -2.35. The van der Waals surface area contributed by atoms with Gasteiger partial charge in [-0.15, -0.1) is 0 Å². The number of amides is 2. The van der Waals surface area contributed by atoms with Crippen LogP contribution in [-0.2, 0) is 4.74 Å². The molecular formula is C22H24N4O3. The van der Waals surface area contributed by atoms with Gasteiger partial charge in [0, 0.05) is 24.8 Å². The molecule has 0 saturated heterocycles. The first kappa shape index (κ1) is 20.1. The molecule has 0 radical (unpaired) electrons. The average molecular weight is 392 g/mol. The smallest absolute Gasteiger partial charge is 0.407 e. The second kappa shape index (κ2) is 9.54. The number of aryl methyl sites for hydroxylation is 1. The van der Waals surface area contributed by atoms with Gasteiger partial charge in [0.05, 0.1) is 17.9 Å². The number of nitrogens with one attached hydrogen (secondary N) is 2. The maximum atomic E-state index is 12.8. The van der Waals surface area contributed by atoms with Crippen LogP contribution in [0.2, 0.25) is 0 Å². The third-order valence-electron chi connectivity index (χ3n) is 4.26. The Bertz CT molecular complexity index is 965. The predicted molar refractivity (Wildman–Crippen MR) is 111 cm³/mol. The summed E-state index contributed by atoms with van der Waals surface area (Å²) in [5.74, 6) is -0.257. The quantitative estimate of drug-likeness (QED) is 0.604. The monoisotopic (exact) mass is 392 g/mol. The molecule has 2 amide bonds. The van der Waals surface area contributed by atoms with Gasteiger partial charge in [0.1, 0.15) is 5.69 Å². The van der Waals surface area contributed by atoms with Crippen molar-refractivity contribution in [3.8, 4) is 16.9 Å². The zero-order valence-corrected chi connectivity index (χ0v) is 16.5. The lowest BCUT2D eigenvalue weighted by Gasteiger charge is -2.07. The van der Waals surface area contributed by atoms with Crippen molar-refractivity contribution in [3.63, 3.8) is 0 Å². The van der Waals surface area contributed by atoms with Gasteiger partial charge in [0.15, 0.2) is 0 Å². The SMILES string of the molecule is CCOC(=O)NCCNC(=O)c1cn(-c2ccc(C)cc2)nc1-c1ccccc1. The molecule has 0 atom stereocenters. The molecule has 29 heavy (non-hydrogen) atoms. The summed E-state index contributed by atoms with van der Waals surface area (Å²) in [5.41, 5.74) is 3.94. The lowest BCUT2D eigenvalue weighted by atomic mass is 10.1. The summed E-state index contributed by atoms with van der Waals surface area (Å²) < 4.78 is 6.50. The summed E-state index contributed by atoms with van der Waals surface area (Å²) in [7, 11) is 0. The average Bonchev–Trinajstić information content (AvgIpc) is 3.18. The van der Waals surface area contributed by atoms with Crippen LogP contribution in [0, 0.1) is 6.92 Å². The largest absolute Gasteiger partial charge is 0.450 e. The van der Waals surface area contributed by atoms with E-state index in [1.165, 1.54) is 0 Å². The summed E-state index contributed by atoms with van der Waals surface area (Å²) >= 11 is 0. The van der Waals surface area contributed by atoms with Crippen LogP contribution in [0.4, 0.5) is 4.79 Å². The highest BCUT2D eigenvalue weighted by Gasteiger charge is 2.18. The van der Waals surface area contributed by atoms with Crippen LogP contribution in [0.5, 0.6) is 0 Å². The fourth-order valence-corrected chi connectivity index (χ4v) is 2.80. The Balaban J connectivity index is 1.79. The summed E-state index contributed by atoms with van der Waals surface area (Å²) in [4.78, 5) is 24.1. The molecule has 1 aromatic heterocycles. The van der Waals surface area contributed by atoms with Crippen LogP contribution in [-0.4, -0.2) is 41.5 Å². The molecule has 0 fully saturated rings. The molecule has 0 aliphatic carbocycles. The molecular weight excluding hydrogens is 368 g/mol. The minimum absolute atomic E-state index is 0.257. The Hall–Kier alpha value is -3.61. The van der Waals surface area contributed by atoms with Gasteiger partial charge >= 0.3 is 6.09 Å². The zero-order chi connectivity index (χ0) is 20.6. The Morgan fingerprint density at radius 2 is 1.69 bits per heavy atom. The third-order valence-corrected chi connectivity index (χ3v) is 4.26. The molecule has 3 aromatic rings. The van der Waals surface area contributed by atoms with Crippen LogP contribution >= 0.6 is 0 Å². The van der Waals surface area contributed by atoms with E-state index in [2.05, 4.69) is 15.7 Å². The van der Waals surface area contributed by atoms with E-state index in [9.17, 15) is 9.59 Å². The molecule has 3 rings (SSSR count). The number of carbonyl (C=O) groups is 2. The number of rotatable bonds is 7. The third kappa shape index (κ3) is 5.22. The molecule has 1 heterocycles. The van der Waals surface area contributed by atoms with Crippen molar-refractivity contribution in [3.05, 3.63) is 71.9 Å². The first-order chi connectivity index (χ1) is 14.1. The normalized spacial score (nSPS) is 10.4. The van der Waals surface area contributed by atoms with Gasteiger partial charge < -0.3 is 15.4 Å². The zero-order valence-electron chi connectivity index (χ0n) is 16.5. The van der Waals surface area contributed by atoms with Gasteiger partial charge in [-0.2, -0.15) is 5.10 Å². The van der Waals surface area contributed by atoms with Gasteiger partial charge in [0.25, 0.3) is 5.91 Å². The van der Waals surface area contributed by atoms with E-state index in [0.29, 0.717) is 17.9 Å². The maximum absolute atomic E-state index is 12.8. The van der Waals surface area contributed by atoms with Crippen LogP contribution in [0.25, 0.3) is 16.9 Å². The highest BCUT2D eigenvalue weighted by molar-refractivity contribution is 5.99. The van der Waals surface area contributed by atoms with E-state index in [-0.39, 0.29) is 19.0 Å². The number of benzene rings is 2. The van der Waals surface area contributed by atoms with E-state index < -0.39 is 6.09 Å². The van der Waals surface area contributed by atoms with Crippen LogP contribution in [0.1, 0.15) is 22.8 Å². The Kier molecular flexibility index (Phi) is 6.63. The van der Waals surface area contributed by atoms with Crippen LogP contribution < -0.4 is 10.6 Å². The number of nitrogens with zero attached hydrogens (tertiary/aromatic N) is 2. The number of carbonyl (C=O) groups excluding carboxylic acids is 2. The molecule has 0 aliphatic rings. The number of hydrogen-bond donors (Lipinski definition) is 2. The lowest BCUT2D eigenvalue weighted by molar-refractivity contribution is 0.0953. The Morgan fingerprint density at radius 3 is 2.38 bits per heavy atom. The second-order valence-electron chi connectivity index (χ2n) is 6.44. The van der Waals surface area contributed by atoms with Crippen molar-refractivity contribution >= 4 is 12.0 Å². The highest BCUT2D eigenvalue weighted by Crippen LogP contribution is 2.23. The van der Waals surface area contributed by atoms with Crippen molar-refractivity contribution in [2.24, 2.45) is 0 Å². The summed E-state index contributed by atoms with van der Waals surface area (Å²) in [6.07, 6.45) is 1.22. The van der Waals surface area contributed by atoms with E-state index in [4.69, 9.17) is 4.74 Å². The fourth-order valence-electron chi connectivity index (χ4n) is 2.80. The minimum atomic E-state index is -0.501. The standard InChI is InChI=1S/C22H24N4O3/c1-3-29-22(28)24-14-13-23-21(27)19-15-26(18-11-9-16(2)10-12-18)25-20(19)17-7-5-4-6-8-17/h4-12,15H,3,13-14H2,1-2H3,(H,23,27)(H,24,28). The Labute approximate surface area is 169 Å². The van der Waals surface area contributed by atoms with E-state index in [1.807, 2.05) is 61.5 Å². The van der Waals surface area contributed by atoms with Gasteiger partial charge in [0.2, 0.25) is 0 Å². The predicted octanol–water partition coefficient (Wildman–Crippen LogP) is 3.32. The summed E-state index contributed by atoms with van der Waals surface area (Å²) in [5, 5.41) is 10.0. The summed E-state index contributed by atoms with van der Waals surface area (Å²) in [6.45, 7) is 4.61. The summed E-state index contributed by atoms with van der Waals surface area (Å²) in [6, 6.07) is 17.5. The van der Waals surface area contributed by atoms with Crippen molar-refractivity contribution in [2.45, 2.75) is 13.8 Å². The van der Waals surface area contributed by atoms with E-state index in [0.717, 1.165) is 16.8 Å². The maximum Gasteiger partial charge on any atom is 0.407 e. The number of hydrogen-bond acceptors (Lipinski definition) is 4. The molecule has 0 spiro atoms. The highest BCUT2D eigenvalue weighted by atomic mass is 16.5. The number of aromatic nitrogens is 2. The van der Waals surface area contributed by atoms with Crippen LogP contribution in [0.15, 0.2) is 60.8 Å². The minimum Gasteiger partial charge on any atom is -0.450 e. The van der Waals surface area contributed by atoms with Crippen molar-refractivity contribution in [2.75, 3.05) is 19.7 Å². The van der Waals surface area contributed by atoms with Gasteiger partial charge in [-0.3, -0.25) is 4.79 Å². The molecule has 0 aliphatic heterocycles. The molecule has 7 nitrogen and oxygen atoms in total. The van der Waals surface area contributed by atoms with Gasteiger partial charge in [-0.05, 0) is 26.0 Å². The van der Waals surface area contributed by atoms with Gasteiger partial charge in [-0.1, -0.05) is 48.0 Å². The number of ether oxygens (including phenoxy) is 1. The first-order valence-electron chi connectivity index (χ1n) is 9.49. The molecule has 150 valence electrons. The Morgan fingerprint density at radius 1 is 1.00 bits per heavy atom. The first-order valence-corrected chi connectivity index (χ1v) is 9.49. The second-order valence-corrected chi connectivity index (χ2v) is 6.44. The van der Waals surface area contributed by atoms with Crippen molar-refractivity contribution < 1.29 is 14.3 Å². The topological polar surface area (TPSA) is 85.3 Å². The van der Waals surface area contributed by atoms with Crippen molar-refractivity contribution in [1.29, 1.82) is 0 Å². The molecule has 0 unspecified atom stereocenters. The molecule has 0 saturated carbocycles. The van der Waals surface area contributed by atoms with E-state index >= 15 is 0 Å². The molecule has 2 N–H and O–H groups in total. The molecule has 2 aromatic carbocycles.